The van der Waals surface area contributed by atoms with Gasteiger partial charge in [0.05, 0.1) is 17.1 Å². The van der Waals surface area contributed by atoms with Crippen LogP contribution in [0, 0.1) is 0 Å². The van der Waals surface area contributed by atoms with E-state index in [4.69, 9.17) is 0 Å². The zero-order valence-corrected chi connectivity index (χ0v) is 14.2. The lowest BCUT2D eigenvalue weighted by Crippen LogP contribution is -2.39. The lowest BCUT2D eigenvalue weighted by atomic mass is 9.98. The van der Waals surface area contributed by atoms with Gasteiger partial charge in [-0.2, -0.15) is 0 Å². The van der Waals surface area contributed by atoms with E-state index >= 15 is 0 Å². The molecule has 1 saturated heterocycles. The fourth-order valence-corrected chi connectivity index (χ4v) is 4.05. The Bertz CT molecular complexity index is 829. The van der Waals surface area contributed by atoms with E-state index in [0.29, 0.717) is 18.9 Å². The van der Waals surface area contributed by atoms with Crippen LogP contribution in [0.5, 0.6) is 0 Å². The van der Waals surface area contributed by atoms with Crippen LogP contribution >= 0.6 is 11.3 Å². The molecular formula is C17H19N5OS. The molecule has 0 spiro atoms. The number of benzene rings is 1. The van der Waals surface area contributed by atoms with E-state index in [1.165, 1.54) is 0 Å². The van der Waals surface area contributed by atoms with Crippen molar-refractivity contribution < 1.29 is 4.79 Å². The fourth-order valence-electron chi connectivity index (χ4n) is 3.28. The van der Waals surface area contributed by atoms with Gasteiger partial charge in [-0.25, -0.2) is 9.67 Å². The molecule has 2 aromatic heterocycles. The second-order valence-electron chi connectivity index (χ2n) is 6.10. The van der Waals surface area contributed by atoms with Crippen molar-refractivity contribution in [3.63, 3.8) is 0 Å². The van der Waals surface area contributed by atoms with E-state index in [0.717, 1.165) is 42.0 Å². The maximum atomic E-state index is 12.6. The number of nitrogens with zero attached hydrogens (tertiary/aromatic N) is 5. The predicted octanol–water partition coefficient (Wildman–Crippen LogP) is 2.68. The van der Waals surface area contributed by atoms with E-state index in [9.17, 15) is 4.79 Å². The van der Waals surface area contributed by atoms with Gasteiger partial charge < -0.3 is 4.90 Å². The molecule has 24 heavy (non-hydrogen) atoms. The minimum atomic E-state index is 0.191. The summed E-state index contributed by atoms with van der Waals surface area (Å²) < 4.78 is 1.81. The standard InChI is InChI=1S/C17H19N5OS/c23-16(7-10-22-15-6-2-1-5-14(15)19-20-22)21-9-3-4-13(12-21)17-18-8-11-24-17/h1-2,5-6,8,11,13H,3-4,7,9-10,12H2/t13-/m1/s1. The first-order valence-corrected chi connectivity index (χ1v) is 9.14. The Morgan fingerprint density at radius 1 is 1.33 bits per heavy atom. The summed E-state index contributed by atoms with van der Waals surface area (Å²) in [4.78, 5) is 19.0. The summed E-state index contributed by atoms with van der Waals surface area (Å²) in [5.74, 6) is 0.575. The van der Waals surface area contributed by atoms with Crippen molar-refractivity contribution in [2.24, 2.45) is 0 Å². The van der Waals surface area contributed by atoms with Gasteiger partial charge in [-0.15, -0.1) is 16.4 Å². The Kier molecular flexibility index (Phi) is 4.25. The van der Waals surface area contributed by atoms with Gasteiger partial charge in [0, 0.05) is 37.0 Å². The average Bonchev–Trinajstić information content (AvgIpc) is 3.30. The molecule has 1 atom stereocenters. The lowest BCUT2D eigenvalue weighted by Gasteiger charge is -2.32. The van der Waals surface area contributed by atoms with Crippen LogP contribution in [0.1, 0.15) is 30.2 Å². The molecule has 3 heterocycles. The molecule has 0 saturated carbocycles. The van der Waals surface area contributed by atoms with Gasteiger partial charge in [0.15, 0.2) is 0 Å². The molecule has 0 bridgehead atoms. The number of hydrogen-bond acceptors (Lipinski definition) is 5. The molecule has 7 heteroatoms. The van der Waals surface area contributed by atoms with Gasteiger partial charge in [0.25, 0.3) is 0 Å². The fraction of sp³-hybridized carbons (Fsp3) is 0.412. The predicted molar refractivity (Wildman–Crippen MR) is 92.8 cm³/mol. The van der Waals surface area contributed by atoms with Gasteiger partial charge in [0.1, 0.15) is 5.52 Å². The molecule has 1 aromatic carbocycles. The first kappa shape index (κ1) is 15.3. The van der Waals surface area contributed by atoms with Crippen LogP contribution in [0.25, 0.3) is 11.0 Å². The van der Waals surface area contributed by atoms with Crippen LogP contribution in [0.2, 0.25) is 0 Å². The second-order valence-corrected chi connectivity index (χ2v) is 7.03. The number of carbonyl (C=O) groups is 1. The largest absolute Gasteiger partial charge is 0.342 e. The number of aromatic nitrogens is 4. The monoisotopic (exact) mass is 341 g/mol. The quantitative estimate of drug-likeness (QED) is 0.732. The van der Waals surface area contributed by atoms with Crippen molar-refractivity contribution in [1.29, 1.82) is 0 Å². The maximum Gasteiger partial charge on any atom is 0.224 e. The van der Waals surface area contributed by atoms with Crippen molar-refractivity contribution in [2.75, 3.05) is 13.1 Å². The highest BCUT2D eigenvalue weighted by molar-refractivity contribution is 7.09. The van der Waals surface area contributed by atoms with Crippen LogP contribution in [-0.4, -0.2) is 43.9 Å². The molecule has 1 fully saturated rings. The highest BCUT2D eigenvalue weighted by atomic mass is 32.1. The van der Waals surface area contributed by atoms with Gasteiger partial charge in [-0.1, -0.05) is 17.3 Å². The molecule has 4 rings (SSSR count). The molecule has 1 amide bonds. The van der Waals surface area contributed by atoms with Crippen LogP contribution in [0.15, 0.2) is 35.8 Å². The molecule has 0 aliphatic carbocycles. The molecule has 0 unspecified atom stereocenters. The highest BCUT2D eigenvalue weighted by Crippen LogP contribution is 2.28. The van der Waals surface area contributed by atoms with Crippen molar-refractivity contribution in [3.05, 3.63) is 40.8 Å². The van der Waals surface area contributed by atoms with Crippen LogP contribution < -0.4 is 0 Å². The minimum Gasteiger partial charge on any atom is -0.342 e. The number of likely N-dealkylation sites (tertiary alicyclic amines) is 1. The third kappa shape index (κ3) is 3.03. The molecule has 1 aliphatic rings. The molecule has 0 N–H and O–H groups in total. The van der Waals surface area contributed by atoms with E-state index in [1.54, 1.807) is 11.3 Å². The molecule has 0 radical (unpaired) electrons. The molecular weight excluding hydrogens is 322 g/mol. The summed E-state index contributed by atoms with van der Waals surface area (Å²) >= 11 is 1.68. The van der Waals surface area contributed by atoms with Gasteiger partial charge in [-0.05, 0) is 25.0 Å². The van der Waals surface area contributed by atoms with E-state index in [2.05, 4.69) is 15.3 Å². The van der Waals surface area contributed by atoms with Crippen molar-refractivity contribution in [3.8, 4) is 0 Å². The SMILES string of the molecule is O=C(CCn1nnc2ccccc21)N1CCC[C@@H](c2nccs2)C1. The summed E-state index contributed by atoms with van der Waals surface area (Å²) in [7, 11) is 0. The van der Waals surface area contributed by atoms with Crippen LogP contribution in [0.4, 0.5) is 0 Å². The number of amides is 1. The summed E-state index contributed by atoms with van der Waals surface area (Å²) in [5, 5.41) is 11.4. The van der Waals surface area contributed by atoms with Crippen LogP contribution in [-0.2, 0) is 11.3 Å². The normalized spacial score (nSPS) is 18.2. The lowest BCUT2D eigenvalue weighted by molar-refractivity contribution is -0.132. The number of hydrogen-bond donors (Lipinski definition) is 0. The summed E-state index contributed by atoms with van der Waals surface area (Å²) in [6.07, 6.45) is 4.46. The summed E-state index contributed by atoms with van der Waals surface area (Å²) in [5.41, 5.74) is 1.84. The van der Waals surface area contributed by atoms with Crippen molar-refractivity contribution >= 4 is 28.3 Å². The van der Waals surface area contributed by atoms with Crippen molar-refractivity contribution in [2.45, 2.75) is 31.7 Å². The number of carbonyl (C=O) groups excluding carboxylic acids is 1. The summed E-state index contributed by atoms with van der Waals surface area (Å²) in [6.45, 7) is 2.20. The van der Waals surface area contributed by atoms with Crippen molar-refractivity contribution in [1.82, 2.24) is 24.9 Å². The topological polar surface area (TPSA) is 63.9 Å². The number of piperidine rings is 1. The zero-order valence-electron chi connectivity index (χ0n) is 13.3. The minimum absolute atomic E-state index is 0.191. The Labute approximate surface area is 144 Å². The highest BCUT2D eigenvalue weighted by Gasteiger charge is 2.26. The number of thiazole rings is 1. The first-order valence-electron chi connectivity index (χ1n) is 8.26. The van der Waals surface area contributed by atoms with E-state index in [1.807, 2.05) is 45.4 Å². The van der Waals surface area contributed by atoms with Gasteiger partial charge >= 0.3 is 0 Å². The van der Waals surface area contributed by atoms with Gasteiger partial charge in [0.2, 0.25) is 5.91 Å². The van der Waals surface area contributed by atoms with E-state index < -0.39 is 0 Å². The molecule has 6 nitrogen and oxygen atoms in total. The number of fused-ring (bicyclic) bond motifs is 1. The third-order valence-electron chi connectivity index (χ3n) is 4.53. The Morgan fingerprint density at radius 3 is 3.12 bits per heavy atom. The second kappa shape index (κ2) is 6.68. The average molecular weight is 341 g/mol. The Hall–Kier alpha value is -2.28. The Balaban J connectivity index is 1.39. The molecule has 3 aromatic rings. The molecule has 124 valence electrons. The summed E-state index contributed by atoms with van der Waals surface area (Å²) in [6, 6.07) is 7.83. The number of rotatable bonds is 4. The smallest absolute Gasteiger partial charge is 0.224 e. The maximum absolute atomic E-state index is 12.6. The number of aryl methyl sites for hydroxylation is 1. The Morgan fingerprint density at radius 2 is 2.25 bits per heavy atom. The van der Waals surface area contributed by atoms with Gasteiger partial charge in [-0.3, -0.25) is 4.79 Å². The third-order valence-corrected chi connectivity index (χ3v) is 5.47. The first-order chi connectivity index (χ1) is 11.8. The molecule has 1 aliphatic heterocycles. The van der Waals surface area contributed by atoms with Crippen LogP contribution in [0.3, 0.4) is 0 Å². The number of para-hydroxylation sites is 1. The van der Waals surface area contributed by atoms with E-state index in [-0.39, 0.29) is 5.91 Å². The zero-order chi connectivity index (χ0) is 16.4.